The highest BCUT2D eigenvalue weighted by molar-refractivity contribution is 6.07. The van der Waals surface area contributed by atoms with E-state index < -0.39 is 23.5 Å². The molecule has 34 heavy (non-hydrogen) atoms. The van der Waals surface area contributed by atoms with Gasteiger partial charge in [0, 0.05) is 28.8 Å². The van der Waals surface area contributed by atoms with E-state index in [1.54, 1.807) is 28.8 Å². The maximum atomic E-state index is 13.7. The number of aromatic nitrogens is 1. The number of alkyl halides is 3. The Labute approximate surface area is 191 Å². The summed E-state index contributed by atoms with van der Waals surface area (Å²) in [6.07, 6.45) is -4.34. The molecule has 1 aliphatic rings. The fraction of sp³-hybridized carbons (Fsp3) is 0.120. The van der Waals surface area contributed by atoms with Gasteiger partial charge in [-0.1, -0.05) is 12.1 Å². The Hall–Kier alpha value is -4.14. The van der Waals surface area contributed by atoms with Gasteiger partial charge in [-0.2, -0.15) is 13.2 Å². The van der Waals surface area contributed by atoms with E-state index in [-0.39, 0.29) is 30.0 Å². The van der Waals surface area contributed by atoms with Gasteiger partial charge < -0.3 is 15.2 Å². The summed E-state index contributed by atoms with van der Waals surface area (Å²) < 4.78 is 55.0. The SMILES string of the molecule is O=C1Cc2cc(NC(=O)c3cc4cc(C(F)(F)F)ccc4n3Cc3cccc(F)c3)ccc2N1. The molecule has 5 nitrogen and oxygen atoms in total. The van der Waals surface area contributed by atoms with Crippen molar-refractivity contribution in [2.75, 3.05) is 10.6 Å². The quantitative estimate of drug-likeness (QED) is 0.384. The van der Waals surface area contributed by atoms with Gasteiger partial charge in [-0.25, -0.2) is 4.39 Å². The van der Waals surface area contributed by atoms with Crippen molar-refractivity contribution in [3.8, 4) is 0 Å². The molecule has 9 heteroatoms. The largest absolute Gasteiger partial charge is 0.416 e. The standard InChI is InChI=1S/C25H17F4N3O2/c26-18-3-1-2-14(8-18)13-32-21-7-4-17(25(27,28)29)9-16(21)11-22(32)24(34)30-19-5-6-20-15(10-19)12-23(33)31-20/h1-11H,12-13H2,(H,30,34)(H,31,33). The Kier molecular flexibility index (Phi) is 5.11. The third kappa shape index (κ3) is 4.12. The number of hydrogen-bond donors (Lipinski definition) is 2. The van der Waals surface area contributed by atoms with Crippen LogP contribution in [0.25, 0.3) is 10.9 Å². The van der Waals surface area contributed by atoms with Crippen LogP contribution < -0.4 is 10.6 Å². The number of carbonyl (C=O) groups excluding carboxylic acids is 2. The minimum Gasteiger partial charge on any atom is -0.332 e. The molecule has 0 saturated heterocycles. The van der Waals surface area contributed by atoms with E-state index in [1.165, 1.54) is 30.3 Å². The molecular weight excluding hydrogens is 450 g/mol. The zero-order valence-electron chi connectivity index (χ0n) is 17.5. The highest BCUT2D eigenvalue weighted by Gasteiger charge is 2.31. The van der Waals surface area contributed by atoms with Crippen LogP contribution >= 0.6 is 0 Å². The number of nitrogens with zero attached hydrogens (tertiary/aromatic N) is 1. The average Bonchev–Trinajstić information content (AvgIpc) is 3.32. The Morgan fingerprint density at radius 1 is 1.03 bits per heavy atom. The van der Waals surface area contributed by atoms with Gasteiger partial charge in [0.05, 0.1) is 12.0 Å². The monoisotopic (exact) mass is 467 g/mol. The summed E-state index contributed by atoms with van der Waals surface area (Å²) in [5, 5.41) is 5.69. The lowest BCUT2D eigenvalue weighted by Crippen LogP contribution is -2.17. The molecule has 0 bridgehead atoms. The molecule has 5 rings (SSSR count). The van der Waals surface area contributed by atoms with Crippen LogP contribution in [0.2, 0.25) is 0 Å². The number of rotatable bonds is 4. The average molecular weight is 467 g/mol. The summed E-state index contributed by atoms with van der Waals surface area (Å²) in [6, 6.07) is 15.4. The van der Waals surface area contributed by atoms with Crippen LogP contribution in [0.4, 0.5) is 28.9 Å². The summed E-state index contributed by atoms with van der Waals surface area (Å²) in [5.41, 5.74) is 2.10. The highest BCUT2D eigenvalue weighted by atomic mass is 19.4. The molecule has 2 N–H and O–H groups in total. The predicted octanol–water partition coefficient (Wildman–Crippen LogP) is 5.59. The van der Waals surface area contributed by atoms with Crippen molar-refractivity contribution in [2.45, 2.75) is 19.1 Å². The second kappa shape index (κ2) is 8.02. The van der Waals surface area contributed by atoms with Crippen molar-refractivity contribution in [3.05, 3.63) is 94.9 Å². The van der Waals surface area contributed by atoms with Gasteiger partial charge in [0.15, 0.2) is 0 Å². The lowest BCUT2D eigenvalue weighted by molar-refractivity contribution is -0.137. The first kappa shape index (κ1) is 21.7. The van der Waals surface area contributed by atoms with Gasteiger partial charge in [0.1, 0.15) is 11.5 Å². The van der Waals surface area contributed by atoms with Crippen LogP contribution in [-0.4, -0.2) is 16.4 Å². The van der Waals surface area contributed by atoms with Crippen molar-refractivity contribution in [3.63, 3.8) is 0 Å². The molecule has 0 saturated carbocycles. The minimum absolute atomic E-state index is 0.0813. The Morgan fingerprint density at radius 3 is 2.62 bits per heavy atom. The van der Waals surface area contributed by atoms with Crippen molar-refractivity contribution >= 4 is 34.1 Å². The topological polar surface area (TPSA) is 63.1 Å². The number of hydrogen-bond acceptors (Lipinski definition) is 2. The summed E-state index contributed by atoms with van der Waals surface area (Å²) in [5.74, 6) is -1.15. The number of nitrogens with one attached hydrogen (secondary N) is 2. The summed E-state index contributed by atoms with van der Waals surface area (Å²) in [4.78, 5) is 24.8. The van der Waals surface area contributed by atoms with E-state index in [0.717, 1.165) is 17.7 Å². The third-order valence-electron chi connectivity index (χ3n) is 5.68. The van der Waals surface area contributed by atoms with E-state index in [0.29, 0.717) is 22.5 Å². The third-order valence-corrected chi connectivity index (χ3v) is 5.68. The van der Waals surface area contributed by atoms with Crippen molar-refractivity contribution in [1.29, 1.82) is 0 Å². The molecule has 0 aliphatic carbocycles. The number of anilines is 2. The highest BCUT2D eigenvalue weighted by Crippen LogP contribution is 2.33. The molecule has 0 unspecified atom stereocenters. The Morgan fingerprint density at radius 2 is 1.85 bits per heavy atom. The minimum atomic E-state index is -4.53. The van der Waals surface area contributed by atoms with Crippen LogP contribution in [0, 0.1) is 5.82 Å². The fourth-order valence-corrected chi connectivity index (χ4v) is 4.13. The number of carbonyl (C=O) groups is 2. The molecule has 2 heterocycles. The van der Waals surface area contributed by atoms with Gasteiger partial charge in [-0.15, -0.1) is 0 Å². The first-order valence-electron chi connectivity index (χ1n) is 10.4. The molecule has 0 fully saturated rings. The van der Waals surface area contributed by atoms with Crippen LogP contribution in [-0.2, 0) is 23.9 Å². The number of halogens is 4. The van der Waals surface area contributed by atoms with Gasteiger partial charge in [0.25, 0.3) is 5.91 Å². The molecule has 0 spiro atoms. The van der Waals surface area contributed by atoms with Gasteiger partial charge in [-0.05, 0) is 65.7 Å². The zero-order chi connectivity index (χ0) is 24.0. The van der Waals surface area contributed by atoms with E-state index in [4.69, 9.17) is 0 Å². The number of amides is 2. The van der Waals surface area contributed by atoms with Crippen LogP contribution in [0.1, 0.15) is 27.2 Å². The molecule has 172 valence electrons. The zero-order valence-corrected chi connectivity index (χ0v) is 17.5. The molecule has 1 aliphatic heterocycles. The fourth-order valence-electron chi connectivity index (χ4n) is 4.13. The Balaban J connectivity index is 1.54. The van der Waals surface area contributed by atoms with E-state index >= 15 is 0 Å². The van der Waals surface area contributed by atoms with Crippen LogP contribution in [0.15, 0.2) is 66.7 Å². The van der Waals surface area contributed by atoms with Gasteiger partial charge >= 0.3 is 6.18 Å². The van der Waals surface area contributed by atoms with Crippen molar-refractivity contribution in [1.82, 2.24) is 4.57 Å². The van der Waals surface area contributed by atoms with E-state index in [1.807, 2.05) is 0 Å². The summed E-state index contributed by atoms with van der Waals surface area (Å²) >= 11 is 0. The molecule has 3 aromatic carbocycles. The second-order valence-corrected chi connectivity index (χ2v) is 8.07. The van der Waals surface area contributed by atoms with E-state index in [2.05, 4.69) is 10.6 Å². The molecule has 4 aromatic rings. The normalized spacial score (nSPS) is 13.1. The first-order valence-corrected chi connectivity index (χ1v) is 10.4. The lowest BCUT2D eigenvalue weighted by atomic mass is 10.1. The van der Waals surface area contributed by atoms with Gasteiger partial charge in [0.2, 0.25) is 5.91 Å². The molecule has 2 amide bonds. The molecule has 0 radical (unpaired) electrons. The maximum Gasteiger partial charge on any atom is 0.416 e. The molecule has 0 atom stereocenters. The van der Waals surface area contributed by atoms with E-state index in [9.17, 15) is 27.2 Å². The summed E-state index contributed by atoms with van der Waals surface area (Å²) in [7, 11) is 0. The maximum absolute atomic E-state index is 13.7. The van der Waals surface area contributed by atoms with Crippen LogP contribution in [0.5, 0.6) is 0 Å². The number of fused-ring (bicyclic) bond motifs is 2. The second-order valence-electron chi connectivity index (χ2n) is 8.07. The van der Waals surface area contributed by atoms with Crippen molar-refractivity contribution < 1.29 is 27.2 Å². The summed E-state index contributed by atoms with van der Waals surface area (Å²) in [6.45, 7) is 0.0813. The molecule has 1 aromatic heterocycles. The lowest BCUT2D eigenvalue weighted by Gasteiger charge is -2.13. The van der Waals surface area contributed by atoms with Crippen molar-refractivity contribution in [2.24, 2.45) is 0 Å². The predicted molar refractivity (Wildman–Crippen MR) is 119 cm³/mol. The van der Waals surface area contributed by atoms with Crippen LogP contribution in [0.3, 0.4) is 0 Å². The van der Waals surface area contributed by atoms with Gasteiger partial charge in [-0.3, -0.25) is 9.59 Å². The number of benzene rings is 3. The first-order chi connectivity index (χ1) is 16.2. The smallest absolute Gasteiger partial charge is 0.332 e. The molecular formula is C25H17F4N3O2. The Bertz CT molecular complexity index is 1460.